The molecule has 0 aromatic heterocycles. The number of benzene rings is 2. The van der Waals surface area contributed by atoms with Crippen LogP contribution in [0.15, 0.2) is 36.4 Å². The summed E-state index contributed by atoms with van der Waals surface area (Å²) in [6.45, 7) is 9.01. The summed E-state index contributed by atoms with van der Waals surface area (Å²) in [5, 5.41) is 0. The number of phosphoric ester groups is 1. The van der Waals surface area contributed by atoms with Crippen molar-refractivity contribution in [3.05, 3.63) is 58.7 Å². The number of aryl methyl sites for hydroxylation is 4. The van der Waals surface area contributed by atoms with Gasteiger partial charge in [0.2, 0.25) is 0 Å². The van der Waals surface area contributed by atoms with Gasteiger partial charge >= 0.3 is 7.82 Å². The van der Waals surface area contributed by atoms with Crippen LogP contribution in [0.5, 0.6) is 11.5 Å². The maximum atomic E-state index is 13.6. The molecule has 0 aliphatic heterocycles. The van der Waals surface area contributed by atoms with Crippen LogP contribution in [0, 0.1) is 0 Å². The van der Waals surface area contributed by atoms with Gasteiger partial charge in [0.15, 0.2) is 0 Å². The van der Waals surface area contributed by atoms with Crippen molar-refractivity contribution in [3.63, 3.8) is 0 Å². The molecule has 0 aliphatic carbocycles. The van der Waals surface area contributed by atoms with Gasteiger partial charge in [0, 0.05) is 0 Å². The fourth-order valence-electron chi connectivity index (χ4n) is 6.82. The Hall–Kier alpha value is -1.77. The van der Waals surface area contributed by atoms with E-state index >= 15 is 0 Å². The molecule has 0 radical (unpaired) electrons. The summed E-state index contributed by atoms with van der Waals surface area (Å²) in [4.78, 5) is 11.1. The number of rotatable bonds is 32. The van der Waals surface area contributed by atoms with E-state index in [4.69, 9.17) is 9.05 Å². The molecule has 0 heterocycles. The Bertz CT molecular complexity index is 1060. The Balaban J connectivity index is 2.14. The highest BCUT2D eigenvalue weighted by Gasteiger charge is 2.28. The van der Waals surface area contributed by atoms with Crippen molar-refractivity contribution in [1.29, 1.82) is 0 Å². The molecule has 0 atom stereocenters. The summed E-state index contributed by atoms with van der Waals surface area (Å²) in [6, 6.07) is 12.4. The zero-order valence-corrected chi connectivity index (χ0v) is 33.3. The van der Waals surface area contributed by atoms with E-state index in [1.165, 1.54) is 152 Å². The predicted octanol–water partition coefficient (Wildman–Crippen LogP) is 14.9. The Morgan fingerprint density at radius 1 is 0.429 bits per heavy atom. The Kier molecular flexibility index (Phi) is 24.7. The standard InChI is InChI=1S/C44H75O4P/c1-5-9-13-17-21-25-29-39-33-35-43(41(37-39)31-27-23-19-15-11-7-3)47-49(45,46)48-44-36-34-40(30-26-22-18-14-10-6-2)38-42(44)32-28-24-20-16-12-8-4/h33-38H,5-32H2,1-4H3,(H,45,46). The van der Waals surface area contributed by atoms with Crippen molar-refractivity contribution in [1.82, 2.24) is 0 Å². The molecular formula is C44H75O4P. The molecule has 0 bridgehead atoms. The van der Waals surface area contributed by atoms with Gasteiger partial charge in [-0.25, -0.2) is 4.57 Å². The second kappa shape index (κ2) is 27.9. The second-order valence-electron chi connectivity index (χ2n) is 14.6. The van der Waals surface area contributed by atoms with Crippen LogP contribution >= 0.6 is 7.82 Å². The van der Waals surface area contributed by atoms with Crippen LogP contribution in [0.1, 0.15) is 204 Å². The third-order valence-corrected chi connectivity index (χ3v) is 10.8. The van der Waals surface area contributed by atoms with E-state index in [0.717, 1.165) is 49.7 Å². The molecular weight excluding hydrogens is 623 g/mol. The Labute approximate surface area is 303 Å². The summed E-state index contributed by atoms with van der Waals surface area (Å²) in [6.07, 6.45) is 33.6. The summed E-state index contributed by atoms with van der Waals surface area (Å²) in [5.74, 6) is 0.978. The molecule has 0 saturated carbocycles. The van der Waals surface area contributed by atoms with Gasteiger partial charge in [0.1, 0.15) is 11.5 Å². The van der Waals surface area contributed by atoms with Gasteiger partial charge in [0.05, 0.1) is 0 Å². The summed E-state index contributed by atoms with van der Waals surface area (Å²) in [7, 11) is -4.40. The quantitative estimate of drug-likeness (QED) is 0.0610. The molecule has 2 rings (SSSR count). The monoisotopic (exact) mass is 699 g/mol. The maximum Gasteiger partial charge on any atom is 0.584 e. The number of unbranched alkanes of at least 4 members (excludes halogenated alkanes) is 20. The average molecular weight is 699 g/mol. The highest BCUT2D eigenvalue weighted by atomic mass is 31.2. The van der Waals surface area contributed by atoms with Gasteiger partial charge in [-0.3, -0.25) is 4.89 Å². The molecule has 0 amide bonds. The first-order valence-electron chi connectivity index (χ1n) is 20.9. The molecule has 49 heavy (non-hydrogen) atoms. The lowest BCUT2D eigenvalue weighted by molar-refractivity contribution is 0.288. The van der Waals surface area contributed by atoms with Crippen molar-refractivity contribution in [2.75, 3.05) is 0 Å². The van der Waals surface area contributed by atoms with Gasteiger partial charge in [-0.1, -0.05) is 180 Å². The van der Waals surface area contributed by atoms with Crippen LogP contribution in [0.2, 0.25) is 0 Å². The summed E-state index contributed by atoms with van der Waals surface area (Å²) >= 11 is 0. The minimum atomic E-state index is -4.40. The second-order valence-corrected chi connectivity index (χ2v) is 15.9. The smallest absolute Gasteiger partial charge is 0.395 e. The van der Waals surface area contributed by atoms with Gasteiger partial charge in [0.25, 0.3) is 0 Å². The lowest BCUT2D eigenvalue weighted by atomic mass is 9.99. The highest BCUT2D eigenvalue weighted by Crippen LogP contribution is 2.47. The van der Waals surface area contributed by atoms with Gasteiger partial charge in [-0.2, -0.15) is 0 Å². The van der Waals surface area contributed by atoms with Crippen LogP contribution in [0.4, 0.5) is 0 Å². The van der Waals surface area contributed by atoms with Gasteiger partial charge in [-0.15, -0.1) is 0 Å². The van der Waals surface area contributed by atoms with Crippen molar-refractivity contribution in [2.24, 2.45) is 0 Å². The molecule has 2 aromatic carbocycles. The van der Waals surface area contributed by atoms with Crippen LogP contribution in [-0.4, -0.2) is 4.89 Å². The van der Waals surface area contributed by atoms with Gasteiger partial charge in [-0.05, 0) is 85.8 Å². The lowest BCUT2D eigenvalue weighted by Crippen LogP contribution is -2.05. The molecule has 0 saturated heterocycles. The first-order chi connectivity index (χ1) is 23.9. The number of phosphoric acid groups is 1. The van der Waals surface area contributed by atoms with Crippen molar-refractivity contribution >= 4 is 7.82 Å². The first kappa shape index (κ1) is 43.4. The predicted molar refractivity (Wildman–Crippen MR) is 212 cm³/mol. The van der Waals surface area contributed by atoms with E-state index in [9.17, 15) is 9.46 Å². The lowest BCUT2D eigenvalue weighted by Gasteiger charge is -2.19. The van der Waals surface area contributed by atoms with Crippen LogP contribution in [0.3, 0.4) is 0 Å². The van der Waals surface area contributed by atoms with E-state index in [-0.39, 0.29) is 0 Å². The van der Waals surface area contributed by atoms with Crippen LogP contribution in [-0.2, 0) is 30.2 Å². The minimum Gasteiger partial charge on any atom is -0.395 e. The van der Waals surface area contributed by atoms with E-state index < -0.39 is 7.82 Å². The van der Waals surface area contributed by atoms with E-state index in [2.05, 4.69) is 52.0 Å². The third-order valence-electron chi connectivity index (χ3n) is 9.91. The fraction of sp³-hybridized carbons (Fsp3) is 0.727. The first-order valence-corrected chi connectivity index (χ1v) is 22.4. The SMILES string of the molecule is CCCCCCCCc1ccc(OP(=O)(O)Oc2ccc(CCCCCCCC)cc2CCCCCCCC)c(CCCCCCCC)c1. The molecule has 5 heteroatoms. The molecule has 280 valence electrons. The van der Waals surface area contributed by atoms with Crippen molar-refractivity contribution < 1.29 is 18.5 Å². The van der Waals surface area contributed by atoms with Gasteiger partial charge < -0.3 is 9.05 Å². The molecule has 0 unspecified atom stereocenters. The van der Waals surface area contributed by atoms with Crippen molar-refractivity contribution in [3.8, 4) is 11.5 Å². The topological polar surface area (TPSA) is 55.8 Å². The highest BCUT2D eigenvalue weighted by molar-refractivity contribution is 7.48. The zero-order valence-electron chi connectivity index (χ0n) is 32.4. The zero-order chi connectivity index (χ0) is 35.4. The van der Waals surface area contributed by atoms with E-state index in [1.807, 2.05) is 12.1 Å². The summed E-state index contributed by atoms with van der Waals surface area (Å²) in [5.41, 5.74) is 4.64. The van der Waals surface area contributed by atoms with E-state index in [1.54, 1.807) is 0 Å². The Morgan fingerprint density at radius 3 is 1.04 bits per heavy atom. The van der Waals surface area contributed by atoms with E-state index in [0.29, 0.717) is 11.5 Å². The van der Waals surface area contributed by atoms with Crippen molar-refractivity contribution in [2.45, 2.75) is 207 Å². The normalized spacial score (nSPS) is 11.7. The molecule has 0 spiro atoms. The Morgan fingerprint density at radius 2 is 0.714 bits per heavy atom. The molecule has 4 nitrogen and oxygen atoms in total. The summed E-state index contributed by atoms with van der Waals surface area (Å²) < 4.78 is 25.5. The minimum absolute atomic E-state index is 0.489. The molecule has 0 aliphatic rings. The molecule has 0 fully saturated rings. The average Bonchev–Trinajstić information content (AvgIpc) is 3.09. The third kappa shape index (κ3) is 20.6. The largest absolute Gasteiger partial charge is 0.584 e. The van der Waals surface area contributed by atoms with Crippen LogP contribution < -0.4 is 9.05 Å². The van der Waals surface area contributed by atoms with Crippen LogP contribution in [0.25, 0.3) is 0 Å². The number of hydrogen-bond acceptors (Lipinski definition) is 3. The number of hydrogen-bond donors (Lipinski definition) is 1. The molecule has 1 N–H and O–H groups in total. The maximum absolute atomic E-state index is 13.6. The fourth-order valence-corrected chi connectivity index (χ4v) is 7.71. The molecule has 2 aromatic rings.